The highest BCUT2D eigenvalue weighted by Crippen LogP contribution is 2.31. The Kier molecular flexibility index (Phi) is 22.1. The number of nitrogens with one attached hydrogen (secondary N) is 2. The number of hydrogen-bond acceptors (Lipinski definition) is 11. The van der Waals surface area contributed by atoms with E-state index in [1.54, 1.807) is 38.0 Å². The maximum absolute atomic E-state index is 14.6. The van der Waals surface area contributed by atoms with Crippen LogP contribution < -0.4 is 10.6 Å². The zero-order chi connectivity index (χ0) is 50.1. The summed E-state index contributed by atoms with van der Waals surface area (Å²) in [6.07, 6.45) is 3.32. The molecule has 0 spiro atoms. The fourth-order valence-corrected chi connectivity index (χ4v) is 9.67. The Balaban J connectivity index is 1.49. The fourth-order valence-electron chi connectivity index (χ4n) is 9.67. The average molecular weight is 946 g/mol. The molecule has 2 heterocycles. The number of likely N-dealkylation sites (tertiary alicyclic amines) is 1. The van der Waals surface area contributed by atoms with Crippen molar-refractivity contribution in [3.8, 4) is 11.5 Å². The number of amides is 4. The molecule has 9 atom stereocenters. The number of nitrogens with zero attached hydrogens (tertiary/aromatic N) is 5. The van der Waals surface area contributed by atoms with E-state index >= 15 is 0 Å². The number of unbranched alkanes of at least 4 members (excludes halogenated alkanes) is 2. The monoisotopic (exact) mass is 946 g/mol. The van der Waals surface area contributed by atoms with Gasteiger partial charge in [0.1, 0.15) is 12.1 Å². The van der Waals surface area contributed by atoms with Gasteiger partial charge in [0.25, 0.3) is 0 Å². The molecule has 4 amide bonds. The Morgan fingerprint density at radius 3 is 2.10 bits per heavy atom. The van der Waals surface area contributed by atoms with E-state index in [4.69, 9.17) is 19.0 Å². The summed E-state index contributed by atoms with van der Waals surface area (Å²) < 4.78 is 18.3. The number of aliphatic carboxylic acids is 1. The summed E-state index contributed by atoms with van der Waals surface area (Å²) in [6.45, 7) is 14.7. The van der Waals surface area contributed by atoms with Gasteiger partial charge in [-0.3, -0.25) is 28.9 Å². The predicted octanol–water partition coefficient (Wildman–Crippen LogP) is 6.80. The third-order valence-corrected chi connectivity index (χ3v) is 13.6. The normalized spacial score (nSPS) is 17.6. The molecule has 1 saturated heterocycles. The smallest absolute Gasteiger partial charge is 0.303 e. The molecule has 0 aliphatic carbocycles. The molecule has 1 aliphatic heterocycles. The van der Waals surface area contributed by atoms with Gasteiger partial charge in [0, 0.05) is 46.2 Å². The van der Waals surface area contributed by atoms with Gasteiger partial charge in [-0.25, -0.2) is 0 Å². The molecule has 0 bridgehead atoms. The molecule has 1 aliphatic rings. The minimum absolute atomic E-state index is 0.0118. The number of likely N-dealkylation sites (N-methyl/N-ethyl adjacent to an activating group) is 2. The number of carboxylic acids is 1. The van der Waals surface area contributed by atoms with Crippen LogP contribution in [0.5, 0.6) is 0 Å². The van der Waals surface area contributed by atoms with E-state index in [1.807, 2.05) is 114 Å². The van der Waals surface area contributed by atoms with E-state index in [-0.39, 0.29) is 60.1 Å². The second kappa shape index (κ2) is 27.1. The molecule has 3 aromatic rings. The van der Waals surface area contributed by atoms with Crippen LogP contribution in [0.4, 0.5) is 0 Å². The molecule has 4 rings (SSSR count). The standard InChI is InChI=1S/C52H79N7O9/c1-12-35(6)46(58(9)52(65)44(33(2)3)54-49(64)45(34(4)5)57(8)29-21-15-20-28-43(61)62)41(66-10)32-42(60)59-30-22-27-40(59)47(67-11)36(7)48(63)53-39(31-37-23-16-13-17-24-37)51-56-55-50(68-51)38-25-18-14-19-26-38/h13-14,16-19,23-26,33-36,39-41,44-47H,12,15,20-22,27-32H2,1-11H3,(H,53,63)(H,54,64)(H,61,62)/t35-,36+,39-,40-,41+,44-,45-,46-,47+/m0/s1. The van der Waals surface area contributed by atoms with Crippen LogP contribution in [-0.2, 0) is 39.9 Å². The van der Waals surface area contributed by atoms with Gasteiger partial charge in [-0.05, 0) is 74.7 Å². The molecular formula is C52H79N7O9. The molecule has 0 unspecified atom stereocenters. The largest absolute Gasteiger partial charge is 0.481 e. The Labute approximate surface area is 404 Å². The first kappa shape index (κ1) is 55.4. The summed E-state index contributed by atoms with van der Waals surface area (Å²) in [4.78, 5) is 73.8. The van der Waals surface area contributed by atoms with Crippen molar-refractivity contribution in [2.75, 3.05) is 41.4 Å². The lowest BCUT2D eigenvalue weighted by Gasteiger charge is -2.41. The number of benzene rings is 2. The number of ether oxygens (including phenoxy) is 2. The first-order valence-electron chi connectivity index (χ1n) is 24.5. The number of aromatic nitrogens is 2. The third kappa shape index (κ3) is 15.2. The lowest BCUT2D eigenvalue weighted by molar-refractivity contribution is -0.148. The van der Waals surface area contributed by atoms with Crippen LogP contribution in [0.25, 0.3) is 11.5 Å². The van der Waals surface area contributed by atoms with Crippen molar-refractivity contribution in [2.24, 2.45) is 23.7 Å². The van der Waals surface area contributed by atoms with Crippen LogP contribution in [-0.4, -0.2) is 137 Å². The second-order valence-electron chi connectivity index (χ2n) is 19.3. The maximum Gasteiger partial charge on any atom is 0.303 e. The van der Waals surface area contributed by atoms with Gasteiger partial charge in [-0.1, -0.05) is 110 Å². The van der Waals surface area contributed by atoms with E-state index in [9.17, 15) is 24.0 Å². The van der Waals surface area contributed by atoms with Crippen LogP contribution in [0.1, 0.15) is 117 Å². The highest BCUT2D eigenvalue weighted by atomic mass is 16.5. The van der Waals surface area contributed by atoms with Crippen molar-refractivity contribution in [1.82, 2.24) is 35.5 Å². The van der Waals surface area contributed by atoms with Crippen LogP contribution in [0.15, 0.2) is 65.1 Å². The summed E-state index contributed by atoms with van der Waals surface area (Å²) in [6, 6.07) is 16.3. The lowest BCUT2D eigenvalue weighted by atomic mass is 9.89. The van der Waals surface area contributed by atoms with Crippen molar-refractivity contribution in [1.29, 1.82) is 0 Å². The topological polar surface area (TPSA) is 197 Å². The van der Waals surface area contributed by atoms with Crippen LogP contribution in [0.2, 0.25) is 0 Å². The molecule has 376 valence electrons. The maximum atomic E-state index is 14.6. The van der Waals surface area contributed by atoms with Crippen molar-refractivity contribution >= 4 is 29.6 Å². The van der Waals surface area contributed by atoms with Crippen molar-refractivity contribution in [2.45, 2.75) is 149 Å². The molecule has 1 fully saturated rings. The predicted molar refractivity (Wildman–Crippen MR) is 261 cm³/mol. The van der Waals surface area contributed by atoms with E-state index in [2.05, 4.69) is 20.8 Å². The Morgan fingerprint density at radius 1 is 0.853 bits per heavy atom. The number of methoxy groups -OCH3 is 2. The first-order chi connectivity index (χ1) is 32.4. The van der Waals surface area contributed by atoms with Crippen LogP contribution in [0, 0.1) is 23.7 Å². The summed E-state index contributed by atoms with van der Waals surface area (Å²) in [5.74, 6) is -2.21. The zero-order valence-corrected chi connectivity index (χ0v) is 42.4. The molecule has 16 heteroatoms. The van der Waals surface area contributed by atoms with E-state index in [0.717, 1.165) is 30.4 Å². The van der Waals surface area contributed by atoms with E-state index in [1.165, 1.54) is 0 Å². The molecule has 0 saturated carbocycles. The van der Waals surface area contributed by atoms with Crippen molar-refractivity contribution in [3.05, 3.63) is 72.1 Å². The molecule has 3 N–H and O–H groups in total. The van der Waals surface area contributed by atoms with Gasteiger partial charge in [-0.2, -0.15) is 0 Å². The van der Waals surface area contributed by atoms with Crippen molar-refractivity contribution in [3.63, 3.8) is 0 Å². The van der Waals surface area contributed by atoms with E-state index < -0.39 is 54.3 Å². The second-order valence-corrected chi connectivity index (χ2v) is 19.3. The fraction of sp³-hybridized carbons (Fsp3) is 0.635. The van der Waals surface area contributed by atoms with Gasteiger partial charge in [-0.15, -0.1) is 10.2 Å². The van der Waals surface area contributed by atoms with Gasteiger partial charge in [0.15, 0.2) is 0 Å². The highest BCUT2D eigenvalue weighted by Gasteiger charge is 2.43. The zero-order valence-electron chi connectivity index (χ0n) is 42.4. The number of rotatable bonds is 28. The van der Waals surface area contributed by atoms with Crippen LogP contribution in [0.3, 0.4) is 0 Å². The van der Waals surface area contributed by atoms with Crippen molar-refractivity contribution < 1.29 is 43.0 Å². The third-order valence-electron chi connectivity index (χ3n) is 13.6. The number of carbonyl (C=O) groups is 5. The van der Waals surface area contributed by atoms with Gasteiger partial charge >= 0.3 is 5.97 Å². The number of carbonyl (C=O) groups excluding carboxylic acids is 4. The van der Waals surface area contributed by atoms with Crippen LogP contribution >= 0.6 is 0 Å². The minimum Gasteiger partial charge on any atom is -0.481 e. The lowest BCUT2D eigenvalue weighted by Crippen LogP contribution is -2.60. The van der Waals surface area contributed by atoms with Gasteiger partial charge in [0.05, 0.1) is 42.7 Å². The van der Waals surface area contributed by atoms with E-state index in [0.29, 0.717) is 44.7 Å². The molecule has 68 heavy (non-hydrogen) atoms. The van der Waals surface area contributed by atoms with Gasteiger partial charge in [0.2, 0.25) is 35.4 Å². The number of carboxylic acid groups (broad SMARTS) is 1. The molecular weight excluding hydrogens is 867 g/mol. The quantitative estimate of drug-likeness (QED) is 0.0646. The Hall–Kier alpha value is -5.19. The summed E-state index contributed by atoms with van der Waals surface area (Å²) in [5.41, 5.74) is 1.74. The number of hydrogen-bond donors (Lipinski definition) is 3. The Morgan fingerprint density at radius 2 is 1.51 bits per heavy atom. The van der Waals surface area contributed by atoms with Gasteiger partial charge < -0.3 is 39.4 Å². The molecule has 0 radical (unpaired) electrons. The highest BCUT2D eigenvalue weighted by molar-refractivity contribution is 5.90. The Bertz CT molecular complexity index is 2030. The first-order valence-corrected chi connectivity index (χ1v) is 24.5. The molecule has 16 nitrogen and oxygen atoms in total. The minimum atomic E-state index is -0.839. The summed E-state index contributed by atoms with van der Waals surface area (Å²) in [5, 5.41) is 23.9. The summed E-state index contributed by atoms with van der Waals surface area (Å²) >= 11 is 0. The summed E-state index contributed by atoms with van der Waals surface area (Å²) in [7, 11) is 6.73. The molecule has 1 aromatic heterocycles. The molecule has 2 aromatic carbocycles. The average Bonchev–Trinajstić information content (AvgIpc) is 4.02. The SMILES string of the molecule is CC[C@H](C)[C@@H]([C@@H](CC(=O)N1CCC[C@H]1[C@H](OC)[C@@H](C)C(=O)N[C@@H](Cc1ccccc1)c1nnc(-c2ccccc2)o1)OC)N(C)C(=O)[C@@H](NC(=O)[C@H](C(C)C)N(C)CCCCCC(=O)O)C(C)C.